The zero-order valence-electron chi connectivity index (χ0n) is 11.3. The number of benzene rings is 1. The number of H-pyrrole nitrogens is 1. The number of hydrogen-bond donors (Lipinski definition) is 3. The van der Waals surface area contributed by atoms with Crippen LogP contribution in [0.4, 0.5) is 10.6 Å². The molecule has 112 valence electrons. The number of primary amides is 1. The van der Waals surface area contributed by atoms with Crippen molar-refractivity contribution in [1.82, 2.24) is 19.5 Å². The molecule has 0 radical (unpaired) electrons. The van der Waals surface area contributed by atoms with Gasteiger partial charge in [-0.25, -0.2) is 24.1 Å². The number of aromatic amines is 1. The smallest absolute Gasteiger partial charge is 0.404 e. The Balaban J connectivity index is 2.10. The predicted molar refractivity (Wildman–Crippen MR) is 78.3 cm³/mol. The van der Waals surface area contributed by atoms with Gasteiger partial charge in [0.25, 0.3) is 0 Å². The maximum absolute atomic E-state index is 12.1. The molecule has 9 nitrogen and oxygen atoms in total. The number of hydrogen-bond acceptors (Lipinski definition) is 6. The molecular formula is C13H12N6O3. The second-order valence-corrected chi connectivity index (χ2v) is 4.50. The zero-order valence-corrected chi connectivity index (χ0v) is 11.3. The molecule has 1 amide bonds. The molecule has 9 heteroatoms. The Hall–Kier alpha value is -3.36. The number of nitrogens with two attached hydrogens (primary N) is 2. The molecule has 3 aromatic rings. The van der Waals surface area contributed by atoms with E-state index in [1.54, 1.807) is 24.3 Å². The van der Waals surface area contributed by atoms with E-state index in [1.165, 1.54) is 10.9 Å². The average molecular weight is 300 g/mol. The third kappa shape index (κ3) is 2.35. The van der Waals surface area contributed by atoms with Crippen molar-refractivity contribution in [3.05, 3.63) is 46.6 Å². The number of nitrogen functional groups attached to an aromatic ring is 1. The fourth-order valence-electron chi connectivity index (χ4n) is 2.12. The summed E-state index contributed by atoms with van der Waals surface area (Å²) in [7, 11) is 0. The van der Waals surface area contributed by atoms with Gasteiger partial charge in [-0.05, 0) is 17.7 Å². The summed E-state index contributed by atoms with van der Waals surface area (Å²) in [5, 5.41) is 0. The number of carbonyl (C=O) groups excluding carboxylic acids is 1. The van der Waals surface area contributed by atoms with Crippen LogP contribution in [0.1, 0.15) is 5.56 Å². The van der Waals surface area contributed by atoms with Crippen LogP contribution in [0.3, 0.4) is 0 Å². The highest BCUT2D eigenvalue weighted by Gasteiger charge is 2.13. The van der Waals surface area contributed by atoms with Crippen molar-refractivity contribution in [3.8, 4) is 5.69 Å². The van der Waals surface area contributed by atoms with Gasteiger partial charge in [0.2, 0.25) is 0 Å². The number of nitrogens with one attached hydrogen (secondary N) is 1. The molecule has 22 heavy (non-hydrogen) atoms. The second kappa shape index (κ2) is 5.20. The summed E-state index contributed by atoms with van der Waals surface area (Å²) in [5.41, 5.74) is 12.2. The molecule has 0 spiro atoms. The van der Waals surface area contributed by atoms with Crippen LogP contribution in [0.5, 0.6) is 0 Å². The SMILES string of the molecule is NC(=O)OCc1cccc(-n2c(=O)[nH]c3c(N)ncnc32)c1. The Labute approximate surface area is 123 Å². The number of imidazole rings is 1. The van der Waals surface area contributed by atoms with E-state index >= 15 is 0 Å². The number of aromatic nitrogens is 4. The minimum atomic E-state index is -0.866. The third-order valence-corrected chi connectivity index (χ3v) is 3.05. The Morgan fingerprint density at radius 3 is 2.95 bits per heavy atom. The van der Waals surface area contributed by atoms with Crippen LogP contribution in [0, 0.1) is 0 Å². The van der Waals surface area contributed by atoms with Crippen LogP contribution in [0.2, 0.25) is 0 Å². The summed E-state index contributed by atoms with van der Waals surface area (Å²) >= 11 is 0. The van der Waals surface area contributed by atoms with Crippen molar-refractivity contribution in [2.45, 2.75) is 6.61 Å². The molecule has 0 bridgehead atoms. The van der Waals surface area contributed by atoms with E-state index in [0.717, 1.165) is 0 Å². The van der Waals surface area contributed by atoms with Gasteiger partial charge in [-0.3, -0.25) is 0 Å². The van der Waals surface area contributed by atoms with Crippen LogP contribution in [-0.2, 0) is 11.3 Å². The fraction of sp³-hybridized carbons (Fsp3) is 0.0769. The maximum atomic E-state index is 12.1. The first-order chi connectivity index (χ1) is 10.6. The third-order valence-electron chi connectivity index (χ3n) is 3.05. The van der Waals surface area contributed by atoms with Gasteiger partial charge in [0.15, 0.2) is 11.5 Å². The van der Waals surface area contributed by atoms with Crippen LogP contribution < -0.4 is 17.2 Å². The van der Waals surface area contributed by atoms with E-state index in [-0.39, 0.29) is 12.4 Å². The number of rotatable bonds is 3. The summed E-state index contributed by atoms with van der Waals surface area (Å²) in [6, 6.07) is 6.89. The van der Waals surface area contributed by atoms with Crippen LogP contribution in [0.25, 0.3) is 16.9 Å². The molecular weight excluding hydrogens is 288 g/mol. The van der Waals surface area contributed by atoms with Crippen LogP contribution in [-0.4, -0.2) is 25.6 Å². The summed E-state index contributed by atoms with van der Waals surface area (Å²) < 4.78 is 6.10. The summed E-state index contributed by atoms with van der Waals surface area (Å²) in [5.74, 6) is 0.189. The van der Waals surface area contributed by atoms with E-state index in [9.17, 15) is 9.59 Å². The minimum Gasteiger partial charge on any atom is -0.445 e. The lowest BCUT2D eigenvalue weighted by atomic mass is 10.2. The topological polar surface area (TPSA) is 142 Å². The number of fused-ring (bicyclic) bond motifs is 1. The monoisotopic (exact) mass is 300 g/mol. The van der Waals surface area contributed by atoms with Gasteiger partial charge < -0.3 is 21.2 Å². The van der Waals surface area contributed by atoms with Gasteiger partial charge >= 0.3 is 11.8 Å². The first kappa shape index (κ1) is 13.6. The second-order valence-electron chi connectivity index (χ2n) is 4.50. The van der Waals surface area contributed by atoms with Gasteiger partial charge in [-0.15, -0.1) is 0 Å². The minimum absolute atomic E-state index is 0.0113. The molecule has 0 aliphatic rings. The van der Waals surface area contributed by atoms with E-state index in [4.69, 9.17) is 16.2 Å². The lowest BCUT2D eigenvalue weighted by molar-refractivity contribution is 0.150. The van der Waals surface area contributed by atoms with Gasteiger partial charge in [0.1, 0.15) is 18.5 Å². The van der Waals surface area contributed by atoms with Gasteiger partial charge in [-0.1, -0.05) is 12.1 Å². The Morgan fingerprint density at radius 2 is 2.18 bits per heavy atom. The molecule has 0 saturated carbocycles. The maximum Gasteiger partial charge on any atom is 0.404 e. The van der Waals surface area contributed by atoms with Crippen LogP contribution >= 0.6 is 0 Å². The average Bonchev–Trinajstić information content (AvgIpc) is 2.83. The lowest BCUT2D eigenvalue weighted by Crippen LogP contribution is -2.16. The normalized spacial score (nSPS) is 10.7. The van der Waals surface area contributed by atoms with Gasteiger partial charge in [0.05, 0.1) is 5.69 Å². The molecule has 0 fully saturated rings. The Kier molecular flexibility index (Phi) is 3.22. The zero-order chi connectivity index (χ0) is 15.7. The molecule has 0 atom stereocenters. The Bertz CT molecular complexity index is 914. The highest BCUT2D eigenvalue weighted by molar-refractivity contribution is 5.82. The van der Waals surface area contributed by atoms with E-state index < -0.39 is 11.8 Å². The Morgan fingerprint density at radius 1 is 1.36 bits per heavy atom. The number of amides is 1. The quantitative estimate of drug-likeness (QED) is 0.634. The number of ether oxygens (including phenoxy) is 1. The predicted octanol–water partition coefficient (Wildman–Crippen LogP) is 0.286. The van der Waals surface area contributed by atoms with Crippen molar-refractivity contribution < 1.29 is 9.53 Å². The summed E-state index contributed by atoms with van der Waals surface area (Å²) in [6.45, 7) is 0.0113. The highest BCUT2D eigenvalue weighted by atomic mass is 16.5. The first-order valence-corrected chi connectivity index (χ1v) is 6.29. The van der Waals surface area contributed by atoms with E-state index in [0.29, 0.717) is 22.4 Å². The van der Waals surface area contributed by atoms with Crippen molar-refractivity contribution >= 4 is 23.1 Å². The van der Waals surface area contributed by atoms with Gasteiger partial charge in [-0.2, -0.15) is 0 Å². The molecule has 0 saturated heterocycles. The molecule has 2 heterocycles. The largest absolute Gasteiger partial charge is 0.445 e. The molecule has 0 unspecified atom stereocenters. The van der Waals surface area contributed by atoms with Gasteiger partial charge in [0, 0.05) is 0 Å². The first-order valence-electron chi connectivity index (χ1n) is 6.29. The standard InChI is InChI=1S/C13H12N6O3/c14-10-9-11(17-6-16-10)19(13(21)18-9)8-3-1-2-7(4-8)5-22-12(15)20/h1-4,6H,5H2,(H2,15,20)(H,18,21)(H2,14,16,17). The molecule has 1 aromatic carbocycles. The molecule has 0 aliphatic carbocycles. The number of nitrogens with zero attached hydrogens (tertiary/aromatic N) is 3. The fourth-order valence-corrected chi connectivity index (χ4v) is 2.12. The number of carbonyl (C=O) groups is 1. The van der Waals surface area contributed by atoms with E-state index in [1.807, 2.05) is 0 Å². The number of anilines is 1. The van der Waals surface area contributed by atoms with Crippen molar-refractivity contribution in [3.63, 3.8) is 0 Å². The van der Waals surface area contributed by atoms with E-state index in [2.05, 4.69) is 15.0 Å². The summed E-state index contributed by atoms with van der Waals surface area (Å²) in [4.78, 5) is 33.3. The highest BCUT2D eigenvalue weighted by Crippen LogP contribution is 2.17. The van der Waals surface area contributed by atoms with Crippen molar-refractivity contribution in [1.29, 1.82) is 0 Å². The van der Waals surface area contributed by atoms with Crippen molar-refractivity contribution in [2.75, 3.05) is 5.73 Å². The molecule has 5 N–H and O–H groups in total. The molecule has 2 aromatic heterocycles. The molecule has 0 aliphatic heterocycles. The molecule has 3 rings (SSSR count). The van der Waals surface area contributed by atoms with Crippen molar-refractivity contribution in [2.24, 2.45) is 5.73 Å². The lowest BCUT2D eigenvalue weighted by Gasteiger charge is -2.06. The van der Waals surface area contributed by atoms with Crippen LogP contribution in [0.15, 0.2) is 35.4 Å². The summed E-state index contributed by atoms with van der Waals surface area (Å²) in [6.07, 6.45) is 0.414.